The molecule has 5 rings (SSSR count). The van der Waals surface area contributed by atoms with Crippen molar-refractivity contribution in [2.75, 3.05) is 46.3 Å². The lowest BCUT2D eigenvalue weighted by Gasteiger charge is -2.51. The third-order valence-corrected chi connectivity index (χ3v) is 6.70. The predicted molar refractivity (Wildman–Crippen MR) is 116 cm³/mol. The summed E-state index contributed by atoms with van der Waals surface area (Å²) in [5.74, 6) is 0.00937. The highest BCUT2D eigenvalue weighted by Crippen LogP contribution is 2.37. The Bertz CT molecular complexity index is 1060. The molecule has 8 nitrogen and oxygen atoms in total. The van der Waals surface area contributed by atoms with Gasteiger partial charge in [0.1, 0.15) is 5.60 Å². The van der Waals surface area contributed by atoms with Crippen molar-refractivity contribution in [1.82, 2.24) is 24.8 Å². The molecule has 2 atom stereocenters. The second kappa shape index (κ2) is 8.03. The third-order valence-electron chi connectivity index (χ3n) is 6.70. The number of benzene rings is 1. The maximum Gasteiger partial charge on any atom is 0.293 e. The lowest BCUT2D eigenvalue weighted by Crippen LogP contribution is -2.64. The molecule has 4 heterocycles. The van der Waals surface area contributed by atoms with E-state index in [2.05, 4.69) is 27.0 Å². The SMILES string of the molecule is CN1CCN([C@@H]2CN(C(=O)c3onc4ncccc34)CC[C@]2(O)c2ccccc2)CC1. The minimum atomic E-state index is -1.01. The number of piperidine rings is 1. The summed E-state index contributed by atoms with van der Waals surface area (Å²) >= 11 is 0. The van der Waals surface area contributed by atoms with Crippen LogP contribution in [0.25, 0.3) is 11.0 Å². The average molecular weight is 422 g/mol. The molecule has 1 N–H and O–H groups in total. The largest absolute Gasteiger partial charge is 0.383 e. The van der Waals surface area contributed by atoms with E-state index in [0.29, 0.717) is 30.5 Å². The zero-order valence-electron chi connectivity index (χ0n) is 17.6. The van der Waals surface area contributed by atoms with Gasteiger partial charge in [0.05, 0.1) is 11.4 Å². The van der Waals surface area contributed by atoms with Gasteiger partial charge >= 0.3 is 0 Å². The summed E-state index contributed by atoms with van der Waals surface area (Å²) in [6.45, 7) is 4.45. The number of likely N-dealkylation sites (tertiary alicyclic amines) is 1. The molecule has 2 fully saturated rings. The molecule has 0 spiro atoms. The Kier molecular flexibility index (Phi) is 5.21. The number of hydrogen-bond donors (Lipinski definition) is 1. The highest BCUT2D eigenvalue weighted by molar-refractivity contribution is 6.02. The van der Waals surface area contributed by atoms with Gasteiger partial charge < -0.3 is 19.4 Å². The normalized spacial score (nSPS) is 25.7. The van der Waals surface area contributed by atoms with Crippen LogP contribution in [0.2, 0.25) is 0 Å². The number of carbonyl (C=O) groups is 1. The Morgan fingerprint density at radius 2 is 1.87 bits per heavy atom. The van der Waals surface area contributed by atoms with Crippen LogP contribution in [0.5, 0.6) is 0 Å². The van der Waals surface area contributed by atoms with Crippen LogP contribution in [-0.4, -0.2) is 88.2 Å². The summed E-state index contributed by atoms with van der Waals surface area (Å²) in [7, 11) is 2.11. The fourth-order valence-corrected chi connectivity index (χ4v) is 4.80. The van der Waals surface area contributed by atoms with Crippen LogP contribution in [-0.2, 0) is 5.60 Å². The Balaban J connectivity index is 1.45. The number of amides is 1. The van der Waals surface area contributed by atoms with E-state index in [1.807, 2.05) is 30.3 Å². The summed E-state index contributed by atoms with van der Waals surface area (Å²) in [5, 5.41) is 16.4. The molecule has 2 aliphatic heterocycles. The van der Waals surface area contributed by atoms with E-state index in [9.17, 15) is 9.90 Å². The van der Waals surface area contributed by atoms with Crippen molar-refractivity contribution in [1.29, 1.82) is 0 Å². The highest BCUT2D eigenvalue weighted by atomic mass is 16.5. The van der Waals surface area contributed by atoms with E-state index in [1.54, 1.807) is 23.2 Å². The molecule has 0 unspecified atom stereocenters. The minimum Gasteiger partial charge on any atom is -0.383 e. The molecular weight excluding hydrogens is 394 g/mol. The van der Waals surface area contributed by atoms with Gasteiger partial charge in [0.2, 0.25) is 11.4 Å². The second-order valence-electron chi connectivity index (χ2n) is 8.53. The van der Waals surface area contributed by atoms with Gasteiger partial charge in [0.15, 0.2) is 0 Å². The molecule has 2 aromatic heterocycles. The monoisotopic (exact) mass is 421 g/mol. The van der Waals surface area contributed by atoms with Crippen LogP contribution in [0.4, 0.5) is 0 Å². The molecule has 0 saturated carbocycles. The number of aromatic nitrogens is 2. The molecule has 162 valence electrons. The number of likely N-dealkylation sites (N-methyl/N-ethyl adjacent to an activating group) is 1. The standard InChI is InChI=1S/C23H27N5O3/c1-26-12-14-27(15-13-26)19-16-28(11-9-23(19,30)17-6-3-2-4-7-17)22(29)20-18-8-5-10-24-21(18)25-31-20/h2-8,10,19,30H,9,11-16H2,1H3/t19-,23+/m1/s1. The number of aliphatic hydroxyl groups is 1. The first-order valence-electron chi connectivity index (χ1n) is 10.8. The first kappa shape index (κ1) is 20.1. The van der Waals surface area contributed by atoms with Crippen molar-refractivity contribution in [3.05, 3.63) is 60.0 Å². The summed E-state index contributed by atoms with van der Waals surface area (Å²) in [5.41, 5.74) is 0.318. The first-order valence-corrected chi connectivity index (χ1v) is 10.8. The molecule has 31 heavy (non-hydrogen) atoms. The van der Waals surface area contributed by atoms with Crippen molar-refractivity contribution in [2.45, 2.75) is 18.1 Å². The van der Waals surface area contributed by atoms with E-state index in [1.165, 1.54) is 0 Å². The minimum absolute atomic E-state index is 0.200. The molecular formula is C23H27N5O3. The van der Waals surface area contributed by atoms with E-state index >= 15 is 0 Å². The van der Waals surface area contributed by atoms with Crippen molar-refractivity contribution in [2.24, 2.45) is 0 Å². The summed E-state index contributed by atoms with van der Waals surface area (Å²) < 4.78 is 5.38. The van der Waals surface area contributed by atoms with Gasteiger partial charge in [0, 0.05) is 45.5 Å². The van der Waals surface area contributed by atoms with Crippen LogP contribution in [0.1, 0.15) is 22.5 Å². The maximum absolute atomic E-state index is 13.4. The number of piperazine rings is 1. The van der Waals surface area contributed by atoms with Gasteiger partial charge in [-0.1, -0.05) is 35.5 Å². The Morgan fingerprint density at radius 1 is 1.10 bits per heavy atom. The molecule has 2 aliphatic rings. The zero-order chi connectivity index (χ0) is 21.4. The highest BCUT2D eigenvalue weighted by Gasteiger charge is 2.47. The maximum atomic E-state index is 13.4. The van der Waals surface area contributed by atoms with Crippen LogP contribution in [0.15, 0.2) is 53.2 Å². The number of nitrogens with zero attached hydrogens (tertiary/aromatic N) is 5. The quantitative estimate of drug-likeness (QED) is 0.687. The van der Waals surface area contributed by atoms with Crippen LogP contribution >= 0.6 is 0 Å². The van der Waals surface area contributed by atoms with E-state index in [4.69, 9.17) is 4.52 Å². The lowest BCUT2D eigenvalue weighted by molar-refractivity contribution is -0.101. The topological polar surface area (TPSA) is 85.9 Å². The van der Waals surface area contributed by atoms with Crippen molar-refractivity contribution in [3.8, 4) is 0 Å². The number of carbonyl (C=O) groups excluding carboxylic acids is 1. The number of pyridine rings is 1. The number of hydrogen-bond acceptors (Lipinski definition) is 7. The molecule has 2 saturated heterocycles. The smallest absolute Gasteiger partial charge is 0.293 e. The zero-order valence-corrected chi connectivity index (χ0v) is 17.6. The Morgan fingerprint density at radius 3 is 2.65 bits per heavy atom. The summed E-state index contributed by atoms with van der Waals surface area (Å²) in [4.78, 5) is 23.9. The van der Waals surface area contributed by atoms with E-state index in [-0.39, 0.29) is 17.7 Å². The predicted octanol–water partition coefficient (Wildman–Crippen LogP) is 1.57. The van der Waals surface area contributed by atoms with E-state index < -0.39 is 5.60 Å². The van der Waals surface area contributed by atoms with Gasteiger partial charge in [-0.05, 0) is 31.2 Å². The van der Waals surface area contributed by atoms with Crippen LogP contribution in [0, 0.1) is 0 Å². The number of fused-ring (bicyclic) bond motifs is 1. The Labute approximate surface area is 181 Å². The second-order valence-corrected chi connectivity index (χ2v) is 8.53. The Hall–Kier alpha value is -2.81. The molecule has 3 aromatic rings. The molecule has 0 radical (unpaired) electrons. The molecule has 0 aliphatic carbocycles. The van der Waals surface area contributed by atoms with Gasteiger partial charge in [-0.2, -0.15) is 0 Å². The van der Waals surface area contributed by atoms with Gasteiger partial charge in [-0.15, -0.1) is 0 Å². The fraction of sp³-hybridized carbons (Fsp3) is 0.435. The van der Waals surface area contributed by atoms with Gasteiger partial charge in [0.25, 0.3) is 5.91 Å². The van der Waals surface area contributed by atoms with Crippen molar-refractivity contribution in [3.63, 3.8) is 0 Å². The molecule has 1 aromatic carbocycles. The van der Waals surface area contributed by atoms with Crippen molar-refractivity contribution >= 4 is 16.9 Å². The molecule has 1 amide bonds. The summed E-state index contributed by atoms with van der Waals surface area (Å²) in [6.07, 6.45) is 2.09. The van der Waals surface area contributed by atoms with Crippen molar-refractivity contribution < 1.29 is 14.4 Å². The summed E-state index contributed by atoms with van der Waals surface area (Å²) in [6, 6.07) is 13.2. The van der Waals surface area contributed by atoms with Crippen LogP contribution in [0.3, 0.4) is 0 Å². The first-order chi connectivity index (χ1) is 15.1. The molecule has 0 bridgehead atoms. The number of rotatable bonds is 3. The fourth-order valence-electron chi connectivity index (χ4n) is 4.80. The van der Waals surface area contributed by atoms with Gasteiger partial charge in [-0.3, -0.25) is 9.69 Å². The molecule has 8 heteroatoms. The van der Waals surface area contributed by atoms with E-state index in [0.717, 1.165) is 31.7 Å². The van der Waals surface area contributed by atoms with Crippen LogP contribution < -0.4 is 0 Å². The lowest BCUT2D eigenvalue weighted by atomic mass is 9.79. The van der Waals surface area contributed by atoms with Gasteiger partial charge in [-0.25, -0.2) is 4.98 Å². The average Bonchev–Trinajstić information content (AvgIpc) is 3.24. The third kappa shape index (κ3) is 3.60.